The van der Waals surface area contributed by atoms with Gasteiger partial charge >= 0.3 is 0 Å². The Hall–Kier alpha value is -1.35. The van der Waals surface area contributed by atoms with Gasteiger partial charge in [-0.05, 0) is 30.7 Å². The predicted octanol–water partition coefficient (Wildman–Crippen LogP) is 3.53. The highest BCUT2D eigenvalue weighted by Crippen LogP contribution is 2.25. The van der Waals surface area contributed by atoms with Gasteiger partial charge in [0, 0.05) is 5.56 Å². The fraction of sp³-hybridized carbons (Fsp3) is 0.182. The minimum Gasteiger partial charge on any atom is -0.443 e. The number of aryl methyl sites for hydroxylation is 1. The molecule has 78 valence electrons. The first-order valence-corrected chi connectivity index (χ1v) is 5.00. The number of hydrogen-bond acceptors (Lipinski definition) is 2. The van der Waals surface area contributed by atoms with E-state index < -0.39 is 0 Å². The Morgan fingerprint density at radius 1 is 1.40 bits per heavy atom. The summed E-state index contributed by atoms with van der Waals surface area (Å²) in [5.41, 5.74) is 2.13. The van der Waals surface area contributed by atoms with Crippen molar-refractivity contribution in [1.82, 2.24) is 4.98 Å². The highest BCUT2D eigenvalue weighted by Gasteiger charge is 2.10. The van der Waals surface area contributed by atoms with Crippen molar-refractivity contribution in [1.29, 1.82) is 0 Å². The molecule has 0 amide bonds. The van der Waals surface area contributed by atoms with E-state index in [1.807, 2.05) is 13.0 Å². The van der Waals surface area contributed by atoms with Crippen LogP contribution in [-0.2, 0) is 5.88 Å². The molecule has 0 saturated carbocycles. The highest BCUT2D eigenvalue weighted by molar-refractivity contribution is 6.17. The summed E-state index contributed by atoms with van der Waals surface area (Å²) in [6.45, 7) is 1.82. The summed E-state index contributed by atoms with van der Waals surface area (Å²) in [4.78, 5) is 3.95. The SMILES string of the molecule is Cc1cc(F)cc(-c2ocnc2CCl)c1. The number of rotatable bonds is 2. The first-order valence-electron chi connectivity index (χ1n) is 4.46. The van der Waals surface area contributed by atoms with Crippen LogP contribution < -0.4 is 0 Å². The number of benzene rings is 1. The summed E-state index contributed by atoms with van der Waals surface area (Å²) in [6, 6.07) is 4.70. The number of alkyl halides is 1. The normalized spacial score (nSPS) is 10.6. The van der Waals surface area contributed by atoms with Gasteiger partial charge in [-0.15, -0.1) is 11.6 Å². The Morgan fingerprint density at radius 3 is 2.87 bits per heavy atom. The molecule has 15 heavy (non-hydrogen) atoms. The van der Waals surface area contributed by atoms with Crippen molar-refractivity contribution in [3.63, 3.8) is 0 Å². The fourth-order valence-electron chi connectivity index (χ4n) is 1.47. The number of aromatic nitrogens is 1. The summed E-state index contributed by atoms with van der Waals surface area (Å²) in [6.07, 6.45) is 1.31. The van der Waals surface area contributed by atoms with Gasteiger partial charge in [0.15, 0.2) is 12.2 Å². The van der Waals surface area contributed by atoms with Crippen LogP contribution in [0.3, 0.4) is 0 Å². The highest BCUT2D eigenvalue weighted by atomic mass is 35.5. The molecule has 0 radical (unpaired) electrons. The van der Waals surface area contributed by atoms with Crippen LogP contribution >= 0.6 is 11.6 Å². The molecule has 2 aromatic rings. The fourth-order valence-corrected chi connectivity index (χ4v) is 1.66. The molecule has 0 saturated heterocycles. The van der Waals surface area contributed by atoms with Gasteiger partial charge in [-0.25, -0.2) is 9.37 Å². The van der Waals surface area contributed by atoms with E-state index in [0.717, 1.165) is 5.56 Å². The largest absolute Gasteiger partial charge is 0.443 e. The lowest BCUT2D eigenvalue weighted by Crippen LogP contribution is -1.86. The van der Waals surface area contributed by atoms with Crippen molar-refractivity contribution >= 4 is 11.6 Å². The van der Waals surface area contributed by atoms with Crippen LogP contribution in [0.5, 0.6) is 0 Å². The predicted molar refractivity (Wildman–Crippen MR) is 56.2 cm³/mol. The molecular weight excluding hydrogens is 217 g/mol. The summed E-state index contributed by atoms with van der Waals surface area (Å²) in [7, 11) is 0. The minimum atomic E-state index is -0.290. The van der Waals surface area contributed by atoms with Crippen LogP contribution in [0.2, 0.25) is 0 Å². The molecule has 1 aromatic heterocycles. The first kappa shape index (κ1) is 10.2. The second kappa shape index (κ2) is 4.03. The third-order valence-corrected chi connectivity index (χ3v) is 2.33. The van der Waals surface area contributed by atoms with E-state index in [1.54, 1.807) is 0 Å². The molecule has 0 atom stereocenters. The van der Waals surface area contributed by atoms with Crippen LogP contribution in [0, 0.1) is 12.7 Å². The maximum Gasteiger partial charge on any atom is 0.181 e. The van der Waals surface area contributed by atoms with Crippen molar-refractivity contribution in [3.05, 3.63) is 41.7 Å². The lowest BCUT2D eigenvalue weighted by Gasteiger charge is -2.01. The van der Waals surface area contributed by atoms with Gasteiger partial charge in [-0.1, -0.05) is 0 Å². The molecule has 0 N–H and O–H groups in total. The smallest absolute Gasteiger partial charge is 0.181 e. The van der Waals surface area contributed by atoms with Crippen molar-refractivity contribution in [3.8, 4) is 11.3 Å². The van der Waals surface area contributed by atoms with Crippen LogP contribution in [0.15, 0.2) is 29.0 Å². The van der Waals surface area contributed by atoms with Gasteiger partial charge in [0.2, 0.25) is 0 Å². The van der Waals surface area contributed by atoms with Crippen LogP contribution in [-0.4, -0.2) is 4.98 Å². The lowest BCUT2D eigenvalue weighted by atomic mass is 10.1. The molecule has 2 nitrogen and oxygen atoms in total. The Kier molecular flexibility index (Phi) is 2.73. The third-order valence-electron chi connectivity index (χ3n) is 2.07. The quantitative estimate of drug-likeness (QED) is 0.731. The van der Waals surface area contributed by atoms with E-state index in [0.29, 0.717) is 17.0 Å². The van der Waals surface area contributed by atoms with E-state index in [2.05, 4.69) is 4.98 Å². The van der Waals surface area contributed by atoms with Gasteiger partial charge in [-0.2, -0.15) is 0 Å². The van der Waals surface area contributed by atoms with Gasteiger partial charge in [0.05, 0.1) is 5.88 Å². The number of halogens is 2. The van der Waals surface area contributed by atoms with Crippen LogP contribution in [0.4, 0.5) is 4.39 Å². The molecule has 0 aliphatic carbocycles. The maximum absolute atomic E-state index is 13.2. The molecule has 0 spiro atoms. The monoisotopic (exact) mass is 225 g/mol. The Balaban J connectivity index is 2.53. The summed E-state index contributed by atoms with van der Waals surface area (Å²) in [5.74, 6) is 0.496. The van der Waals surface area contributed by atoms with Crippen LogP contribution in [0.1, 0.15) is 11.3 Å². The number of oxazole rings is 1. The van der Waals surface area contributed by atoms with Crippen molar-refractivity contribution < 1.29 is 8.81 Å². The average molecular weight is 226 g/mol. The molecule has 0 aliphatic heterocycles. The molecule has 0 unspecified atom stereocenters. The van der Waals surface area contributed by atoms with Gasteiger partial charge in [0.25, 0.3) is 0 Å². The zero-order chi connectivity index (χ0) is 10.8. The zero-order valence-electron chi connectivity index (χ0n) is 8.13. The van der Waals surface area contributed by atoms with E-state index >= 15 is 0 Å². The molecule has 1 aromatic carbocycles. The molecule has 1 heterocycles. The Morgan fingerprint density at radius 2 is 2.20 bits per heavy atom. The van der Waals surface area contributed by atoms with E-state index in [4.69, 9.17) is 16.0 Å². The molecule has 4 heteroatoms. The van der Waals surface area contributed by atoms with Crippen molar-refractivity contribution in [2.75, 3.05) is 0 Å². The molecule has 0 bridgehead atoms. The second-order valence-corrected chi connectivity index (χ2v) is 3.55. The minimum absolute atomic E-state index is 0.251. The molecule has 2 rings (SSSR count). The van der Waals surface area contributed by atoms with Gasteiger partial charge in [0.1, 0.15) is 11.5 Å². The van der Waals surface area contributed by atoms with E-state index in [1.165, 1.54) is 18.5 Å². The Bertz CT molecular complexity index is 461. The molecule has 0 fully saturated rings. The van der Waals surface area contributed by atoms with Crippen LogP contribution in [0.25, 0.3) is 11.3 Å². The van der Waals surface area contributed by atoms with Gasteiger partial charge < -0.3 is 4.42 Å². The van der Waals surface area contributed by atoms with Crippen molar-refractivity contribution in [2.45, 2.75) is 12.8 Å². The number of nitrogens with zero attached hydrogens (tertiary/aromatic N) is 1. The standard InChI is InChI=1S/C11H9ClFNO/c1-7-2-8(4-9(13)3-7)11-10(5-12)14-6-15-11/h2-4,6H,5H2,1H3. The second-order valence-electron chi connectivity index (χ2n) is 3.28. The topological polar surface area (TPSA) is 26.0 Å². The molecular formula is C11H9ClFNO. The maximum atomic E-state index is 13.2. The first-order chi connectivity index (χ1) is 7.20. The number of hydrogen-bond donors (Lipinski definition) is 0. The third kappa shape index (κ3) is 2.02. The van der Waals surface area contributed by atoms with Crippen molar-refractivity contribution in [2.24, 2.45) is 0 Å². The summed E-state index contributed by atoms with van der Waals surface area (Å²) >= 11 is 5.69. The average Bonchev–Trinajstić information content (AvgIpc) is 2.63. The Labute approximate surface area is 91.7 Å². The lowest BCUT2D eigenvalue weighted by molar-refractivity contribution is 0.569. The van der Waals surface area contributed by atoms with E-state index in [-0.39, 0.29) is 11.7 Å². The van der Waals surface area contributed by atoms with E-state index in [9.17, 15) is 4.39 Å². The molecule has 0 aliphatic rings. The summed E-state index contributed by atoms with van der Waals surface area (Å²) in [5, 5.41) is 0. The van der Waals surface area contributed by atoms with Gasteiger partial charge in [-0.3, -0.25) is 0 Å². The summed E-state index contributed by atoms with van der Waals surface area (Å²) < 4.78 is 18.3. The zero-order valence-corrected chi connectivity index (χ0v) is 8.88.